The number of aryl methyl sites for hydroxylation is 1. The Hall–Kier alpha value is -1.98. The first-order valence-electron chi connectivity index (χ1n) is 6.56. The van der Waals surface area contributed by atoms with Crippen LogP contribution in [0.5, 0.6) is 0 Å². The van der Waals surface area contributed by atoms with Crippen LogP contribution in [-0.2, 0) is 4.79 Å². The first kappa shape index (κ1) is 17.1. The fraction of sp³-hybridized carbons (Fsp3) is 0.400. The number of benzene rings is 1. The highest BCUT2D eigenvalue weighted by Crippen LogP contribution is 2.27. The van der Waals surface area contributed by atoms with Gasteiger partial charge < -0.3 is 10.0 Å². The number of nitrogens with zero attached hydrogens (tertiary/aromatic N) is 1. The average molecular weight is 301 g/mol. The molecule has 21 heavy (non-hydrogen) atoms. The van der Waals surface area contributed by atoms with Gasteiger partial charge in [-0.3, -0.25) is 0 Å². The fourth-order valence-electron chi connectivity index (χ4n) is 2.03. The number of rotatable bonds is 6. The molecule has 0 aromatic heterocycles. The van der Waals surface area contributed by atoms with Crippen LogP contribution < -0.4 is 4.90 Å². The van der Waals surface area contributed by atoms with Gasteiger partial charge in [-0.15, -0.1) is 0 Å². The van der Waals surface area contributed by atoms with Crippen LogP contribution in [0.2, 0.25) is 0 Å². The van der Waals surface area contributed by atoms with E-state index in [2.05, 4.69) is 0 Å². The third-order valence-corrected chi connectivity index (χ3v) is 2.79. The maximum atomic E-state index is 12.7. The molecule has 0 atom stereocenters. The molecule has 0 radical (unpaired) electrons. The first-order chi connectivity index (χ1) is 9.73. The van der Waals surface area contributed by atoms with Crippen LogP contribution in [0.3, 0.4) is 0 Å². The number of carboxylic acids is 1. The van der Waals surface area contributed by atoms with Gasteiger partial charge in [-0.25, -0.2) is 4.79 Å². The van der Waals surface area contributed by atoms with Crippen LogP contribution >= 0.6 is 0 Å². The fourth-order valence-corrected chi connectivity index (χ4v) is 2.03. The largest absolute Gasteiger partial charge is 0.478 e. The van der Waals surface area contributed by atoms with Crippen LogP contribution in [0.25, 0.3) is 6.08 Å². The van der Waals surface area contributed by atoms with E-state index in [0.29, 0.717) is 17.7 Å². The minimum atomic E-state index is -4.31. The second kappa shape index (κ2) is 7.15. The molecule has 0 saturated heterocycles. The van der Waals surface area contributed by atoms with Crippen LogP contribution in [0.1, 0.15) is 24.5 Å². The zero-order valence-corrected chi connectivity index (χ0v) is 11.9. The molecule has 1 aromatic rings. The number of carboxylic acid groups (broad SMARTS) is 1. The molecule has 0 saturated carbocycles. The van der Waals surface area contributed by atoms with Crippen LogP contribution in [-0.4, -0.2) is 30.3 Å². The van der Waals surface area contributed by atoms with Gasteiger partial charge in [0.25, 0.3) is 0 Å². The molecular weight excluding hydrogens is 283 g/mol. The van der Waals surface area contributed by atoms with Crippen molar-refractivity contribution in [3.05, 3.63) is 35.4 Å². The summed E-state index contributed by atoms with van der Waals surface area (Å²) in [6.07, 6.45) is -1.50. The number of aliphatic carboxylic acids is 1. The van der Waals surface area contributed by atoms with Gasteiger partial charge in [0, 0.05) is 18.3 Å². The molecule has 0 aliphatic carbocycles. The molecular formula is C15H18F3NO2. The molecule has 0 aliphatic heterocycles. The number of hydrogen-bond acceptors (Lipinski definition) is 2. The van der Waals surface area contributed by atoms with Gasteiger partial charge in [0.2, 0.25) is 0 Å². The van der Waals surface area contributed by atoms with Crippen molar-refractivity contribution >= 4 is 17.7 Å². The summed E-state index contributed by atoms with van der Waals surface area (Å²) >= 11 is 0. The number of anilines is 1. The van der Waals surface area contributed by atoms with Gasteiger partial charge in [0.05, 0.1) is 0 Å². The summed E-state index contributed by atoms with van der Waals surface area (Å²) < 4.78 is 38.1. The van der Waals surface area contributed by atoms with Crippen molar-refractivity contribution in [2.45, 2.75) is 26.4 Å². The van der Waals surface area contributed by atoms with Crippen molar-refractivity contribution in [2.24, 2.45) is 0 Å². The standard InChI is InChI=1S/C15H18F3NO2/c1-3-8-19(10-15(16,17)18)13-6-4-11(2)9-12(13)5-7-14(20)21/h4-7,9H,3,8,10H2,1-2H3,(H,20,21)/b7-5+. The van der Waals surface area contributed by atoms with Crippen LogP contribution in [0.15, 0.2) is 24.3 Å². The molecule has 0 heterocycles. The Morgan fingerprint density at radius 1 is 1.38 bits per heavy atom. The highest BCUT2D eigenvalue weighted by molar-refractivity contribution is 5.87. The van der Waals surface area contributed by atoms with E-state index in [-0.39, 0.29) is 6.54 Å². The predicted octanol–water partition coefficient (Wildman–Crippen LogP) is 3.87. The number of halogens is 3. The van der Waals surface area contributed by atoms with E-state index < -0.39 is 18.7 Å². The summed E-state index contributed by atoms with van der Waals surface area (Å²) in [4.78, 5) is 11.8. The quantitative estimate of drug-likeness (QED) is 0.811. The van der Waals surface area contributed by atoms with Gasteiger partial charge >= 0.3 is 12.1 Å². The normalized spacial score (nSPS) is 11.9. The lowest BCUT2D eigenvalue weighted by molar-refractivity contribution is -0.131. The van der Waals surface area contributed by atoms with E-state index in [1.807, 2.05) is 0 Å². The summed E-state index contributed by atoms with van der Waals surface area (Å²) in [5, 5.41) is 8.68. The summed E-state index contributed by atoms with van der Waals surface area (Å²) in [6.45, 7) is 2.79. The monoisotopic (exact) mass is 301 g/mol. The zero-order valence-electron chi connectivity index (χ0n) is 11.9. The Kier molecular flexibility index (Phi) is 5.81. The minimum Gasteiger partial charge on any atom is -0.478 e. The summed E-state index contributed by atoms with van der Waals surface area (Å²) in [6, 6.07) is 4.98. The molecule has 0 aliphatic rings. The zero-order chi connectivity index (χ0) is 16.0. The second-order valence-electron chi connectivity index (χ2n) is 4.77. The Labute approximate surface area is 121 Å². The van der Waals surface area contributed by atoms with Crippen molar-refractivity contribution in [1.82, 2.24) is 0 Å². The summed E-state index contributed by atoms with van der Waals surface area (Å²) in [5.74, 6) is -1.14. The van der Waals surface area contributed by atoms with E-state index in [1.165, 1.54) is 11.0 Å². The third kappa shape index (κ3) is 5.89. The number of alkyl halides is 3. The Bertz CT molecular complexity index is 524. The molecule has 1 N–H and O–H groups in total. The number of carbonyl (C=O) groups is 1. The van der Waals surface area contributed by atoms with Crippen molar-refractivity contribution in [1.29, 1.82) is 0 Å². The van der Waals surface area contributed by atoms with Crippen molar-refractivity contribution in [3.8, 4) is 0 Å². The highest BCUT2D eigenvalue weighted by Gasteiger charge is 2.31. The molecule has 0 amide bonds. The van der Waals surface area contributed by atoms with Gasteiger partial charge in [-0.1, -0.05) is 18.6 Å². The predicted molar refractivity (Wildman–Crippen MR) is 76.4 cm³/mol. The lowest BCUT2D eigenvalue weighted by atomic mass is 10.1. The van der Waals surface area contributed by atoms with Gasteiger partial charge in [-0.05, 0) is 37.1 Å². The minimum absolute atomic E-state index is 0.247. The Balaban J connectivity index is 3.20. The van der Waals surface area contributed by atoms with Crippen molar-refractivity contribution in [3.63, 3.8) is 0 Å². The molecule has 0 fully saturated rings. The van der Waals surface area contributed by atoms with E-state index in [1.54, 1.807) is 32.0 Å². The first-order valence-corrected chi connectivity index (χ1v) is 6.56. The second-order valence-corrected chi connectivity index (χ2v) is 4.77. The van der Waals surface area contributed by atoms with E-state index in [0.717, 1.165) is 11.6 Å². The van der Waals surface area contributed by atoms with Gasteiger partial charge in [-0.2, -0.15) is 13.2 Å². The molecule has 6 heteroatoms. The van der Waals surface area contributed by atoms with Gasteiger partial charge in [0.15, 0.2) is 0 Å². The van der Waals surface area contributed by atoms with Crippen molar-refractivity contribution in [2.75, 3.05) is 18.0 Å². The van der Waals surface area contributed by atoms with Gasteiger partial charge in [0.1, 0.15) is 6.54 Å². The number of hydrogen-bond donors (Lipinski definition) is 1. The maximum absolute atomic E-state index is 12.7. The summed E-state index contributed by atoms with van der Waals surface area (Å²) in [7, 11) is 0. The molecule has 3 nitrogen and oxygen atoms in total. The maximum Gasteiger partial charge on any atom is 0.405 e. The molecule has 0 unspecified atom stereocenters. The van der Waals surface area contributed by atoms with Crippen molar-refractivity contribution < 1.29 is 23.1 Å². The lowest BCUT2D eigenvalue weighted by Gasteiger charge is -2.27. The average Bonchev–Trinajstić information content (AvgIpc) is 2.34. The molecule has 116 valence electrons. The Morgan fingerprint density at radius 3 is 2.57 bits per heavy atom. The topological polar surface area (TPSA) is 40.5 Å². The highest BCUT2D eigenvalue weighted by atomic mass is 19.4. The SMILES string of the molecule is CCCN(CC(F)(F)F)c1ccc(C)cc1/C=C/C(=O)O. The third-order valence-electron chi connectivity index (χ3n) is 2.79. The van der Waals surface area contributed by atoms with E-state index in [9.17, 15) is 18.0 Å². The summed E-state index contributed by atoms with van der Waals surface area (Å²) in [5.41, 5.74) is 1.71. The van der Waals surface area contributed by atoms with E-state index >= 15 is 0 Å². The molecule has 1 aromatic carbocycles. The van der Waals surface area contributed by atoms with Crippen LogP contribution in [0.4, 0.5) is 18.9 Å². The molecule has 0 bridgehead atoms. The van der Waals surface area contributed by atoms with Crippen LogP contribution in [0, 0.1) is 6.92 Å². The molecule has 0 spiro atoms. The lowest BCUT2D eigenvalue weighted by Crippen LogP contribution is -2.35. The molecule has 1 rings (SSSR count). The Morgan fingerprint density at radius 2 is 2.05 bits per heavy atom. The van der Waals surface area contributed by atoms with E-state index in [4.69, 9.17) is 5.11 Å². The smallest absolute Gasteiger partial charge is 0.405 e.